The van der Waals surface area contributed by atoms with Gasteiger partial charge < -0.3 is 39.2 Å². The lowest BCUT2D eigenvalue weighted by molar-refractivity contribution is -0.142. The fraction of sp³-hybridized carbons (Fsp3) is 0.579. The minimum absolute atomic E-state index is 0.0108. The number of urea groups is 1. The number of anilines is 1. The number of hydrogen-bond donors (Lipinski definition) is 2. The van der Waals surface area contributed by atoms with Crippen molar-refractivity contribution < 1.29 is 28.6 Å². The molecule has 0 unspecified atom stereocenters. The van der Waals surface area contributed by atoms with Crippen LogP contribution in [0.2, 0.25) is 0 Å². The number of ether oxygens (including phenoxy) is 1. The third-order valence-corrected chi connectivity index (χ3v) is 11.5. The Hall–Kier alpha value is -4.36. The molecule has 5 heterocycles. The number of carbonyl (C=O) groups excluding carboxylic acids is 3. The number of carbonyl (C=O) groups is 3. The molecular weight excluding hydrogens is 652 g/mol. The van der Waals surface area contributed by atoms with Gasteiger partial charge >= 0.3 is 17.9 Å². The number of fused-ring (bicyclic) bond motifs is 2. The maximum atomic E-state index is 14.2. The molecule has 4 aliphatic rings. The molecule has 1 aromatic heterocycles. The number of nitrogens with one attached hydrogen (secondary N) is 1. The van der Waals surface area contributed by atoms with Crippen LogP contribution in [0.15, 0.2) is 45.6 Å². The standard InChI is InChI=1S/C38H50N6O7/c1-25-22-26(23-31-33(25)40(3)36(47)50-31)24-32(34(45)42-15-9-28(10-16-42)41-20-13-38(2,49)14-21-41)51-37(48)43-17-11-29(12-18-43)44-19-8-27-6-4-5-7-30(27)39-35(44)46/h4-7,22-23,28-29,32,49H,8-21,24H2,1-3H3,(H,39,46)/t32-/m1/s1. The summed E-state index contributed by atoms with van der Waals surface area (Å²) in [7, 11) is 1.66. The molecule has 0 saturated carbocycles. The van der Waals surface area contributed by atoms with Crippen LogP contribution in [-0.4, -0.2) is 117 Å². The van der Waals surface area contributed by atoms with Gasteiger partial charge in [-0.2, -0.15) is 0 Å². The number of aryl methyl sites for hydroxylation is 2. The van der Waals surface area contributed by atoms with Crippen molar-refractivity contribution in [2.45, 2.75) is 89.0 Å². The van der Waals surface area contributed by atoms with Gasteiger partial charge in [-0.15, -0.1) is 0 Å². The van der Waals surface area contributed by atoms with Gasteiger partial charge in [-0.05, 0) is 87.6 Å². The zero-order valence-electron chi connectivity index (χ0n) is 29.9. The zero-order valence-corrected chi connectivity index (χ0v) is 29.9. The summed E-state index contributed by atoms with van der Waals surface area (Å²) in [5.74, 6) is -0.693. The summed E-state index contributed by atoms with van der Waals surface area (Å²) in [5, 5.41) is 13.4. The minimum atomic E-state index is -1.06. The minimum Gasteiger partial charge on any atom is -0.436 e. The Morgan fingerprint density at radius 3 is 2.35 bits per heavy atom. The predicted molar refractivity (Wildman–Crippen MR) is 192 cm³/mol. The van der Waals surface area contributed by atoms with Crippen LogP contribution in [-0.2, 0) is 29.4 Å². The molecule has 13 heteroatoms. The number of hydrogen-bond acceptors (Lipinski definition) is 8. The third-order valence-electron chi connectivity index (χ3n) is 11.5. The van der Waals surface area contributed by atoms with E-state index >= 15 is 0 Å². The Morgan fingerprint density at radius 1 is 0.961 bits per heavy atom. The van der Waals surface area contributed by atoms with E-state index in [0.717, 1.165) is 67.6 Å². The smallest absolute Gasteiger partial charge is 0.419 e. The summed E-state index contributed by atoms with van der Waals surface area (Å²) in [6.45, 7) is 8.02. The van der Waals surface area contributed by atoms with Gasteiger partial charge in [0, 0.05) is 77.1 Å². The fourth-order valence-electron chi connectivity index (χ4n) is 8.41. The van der Waals surface area contributed by atoms with Gasteiger partial charge in [0.1, 0.15) is 0 Å². The van der Waals surface area contributed by atoms with Crippen LogP contribution >= 0.6 is 0 Å². The Labute approximate surface area is 298 Å². The van der Waals surface area contributed by atoms with Crippen molar-refractivity contribution in [1.29, 1.82) is 0 Å². The van der Waals surface area contributed by atoms with E-state index in [1.54, 1.807) is 18.0 Å². The van der Waals surface area contributed by atoms with E-state index in [2.05, 4.69) is 10.2 Å². The summed E-state index contributed by atoms with van der Waals surface area (Å²) < 4.78 is 13.0. The number of aliphatic hydroxyl groups is 1. The van der Waals surface area contributed by atoms with Crippen molar-refractivity contribution in [3.8, 4) is 0 Å². The Balaban J connectivity index is 1.02. The molecule has 51 heavy (non-hydrogen) atoms. The Kier molecular flexibility index (Phi) is 9.86. The highest BCUT2D eigenvalue weighted by Gasteiger charge is 2.37. The summed E-state index contributed by atoms with van der Waals surface area (Å²) >= 11 is 0. The van der Waals surface area contributed by atoms with Crippen molar-refractivity contribution >= 4 is 34.8 Å². The largest absolute Gasteiger partial charge is 0.436 e. The van der Waals surface area contributed by atoms with Gasteiger partial charge in [-0.3, -0.25) is 9.36 Å². The van der Waals surface area contributed by atoms with Gasteiger partial charge in [-0.1, -0.05) is 24.3 Å². The molecule has 0 spiro atoms. The molecule has 0 bridgehead atoms. The molecular formula is C38H50N6O7. The first-order valence-electron chi connectivity index (χ1n) is 18.4. The van der Waals surface area contributed by atoms with E-state index in [-0.39, 0.29) is 24.4 Å². The van der Waals surface area contributed by atoms with E-state index in [4.69, 9.17) is 9.15 Å². The molecule has 2 N–H and O–H groups in total. The monoisotopic (exact) mass is 702 g/mol. The first kappa shape index (κ1) is 35.1. The lowest BCUT2D eigenvalue weighted by atomic mass is 9.91. The molecule has 4 aliphatic heterocycles. The summed E-state index contributed by atoms with van der Waals surface area (Å²) in [5.41, 5.74) is 4.03. The van der Waals surface area contributed by atoms with Gasteiger partial charge in [-0.25, -0.2) is 14.4 Å². The van der Waals surface area contributed by atoms with Gasteiger partial charge in [0.2, 0.25) is 0 Å². The average Bonchev–Trinajstić information content (AvgIpc) is 3.29. The summed E-state index contributed by atoms with van der Waals surface area (Å²) in [4.78, 5) is 61.1. The average molecular weight is 703 g/mol. The highest BCUT2D eigenvalue weighted by molar-refractivity contribution is 5.91. The van der Waals surface area contributed by atoms with Crippen molar-refractivity contribution in [2.75, 3.05) is 51.1 Å². The lowest BCUT2D eigenvalue weighted by Gasteiger charge is -2.43. The van der Waals surface area contributed by atoms with Crippen LogP contribution in [0, 0.1) is 6.92 Å². The maximum absolute atomic E-state index is 14.2. The summed E-state index contributed by atoms with van der Waals surface area (Å²) in [6.07, 6.45) is 3.65. The third kappa shape index (κ3) is 7.50. The summed E-state index contributed by atoms with van der Waals surface area (Å²) in [6, 6.07) is 11.7. The number of likely N-dealkylation sites (tertiary alicyclic amines) is 3. The van der Waals surface area contributed by atoms with Gasteiger partial charge in [0.15, 0.2) is 11.7 Å². The molecule has 3 fully saturated rings. The van der Waals surface area contributed by atoms with E-state index in [1.165, 1.54) is 4.57 Å². The molecule has 4 amide bonds. The highest BCUT2D eigenvalue weighted by Crippen LogP contribution is 2.29. The van der Waals surface area contributed by atoms with E-state index in [9.17, 15) is 24.3 Å². The first-order valence-corrected chi connectivity index (χ1v) is 18.4. The van der Waals surface area contributed by atoms with Crippen LogP contribution < -0.4 is 11.1 Å². The van der Waals surface area contributed by atoms with Gasteiger partial charge in [0.25, 0.3) is 5.91 Å². The maximum Gasteiger partial charge on any atom is 0.419 e. The van der Waals surface area contributed by atoms with Crippen molar-refractivity contribution in [2.24, 2.45) is 7.05 Å². The van der Waals surface area contributed by atoms with Gasteiger partial charge in [0.05, 0.1) is 11.1 Å². The Morgan fingerprint density at radius 2 is 1.63 bits per heavy atom. The second-order valence-electron chi connectivity index (χ2n) is 15.1. The SMILES string of the molecule is Cc1cc(C[C@@H](OC(=O)N2CCC(N3CCc4ccccc4NC3=O)CC2)C(=O)N2CCC(N3CCC(C)(O)CC3)CC2)cc2oc(=O)n(C)c12. The number of para-hydroxylation sites is 1. The quantitative estimate of drug-likeness (QED) is 0.395. The molecule has 7 rings (SSSR count). The molecule has 13 nitrogen and oxygen atoms in total. The number of benzene rings is 2. The highest BCUT2D eigenvalue weighted by atomic mass is 16.6. The molecule has 0 radical (unpaired) electrons. The number of amides is 4. The number of nitrogens with zero attached hydrogens (tertiary/aromatic N) is 5. The molecule has 0 aliphatic carbocycles. The Bertz CT molecular complexity index is 1830. The van der Waals surface area contributed by atoms with E-state index in [1.807, 2.05) is 54.0 Å². The molecule has 1 atom stereocenters. The van der Waals surface area contributed by atoms with E-state index < -0.39 is 23.6 Å². The molecule has 2 aromatic carbocycles. The predicted octanol–water partition coefficient (Wildman–Crippen LogP) is 3.88. The fourth-order valence-corrected chi connectivity index (χ4v) is 8.41. The molecule has 274 valence electrons. The number of oxazole rings is 1. The van der Waals surface area contributed by atoms with Crippen LogP contribution in [0.3, 0.4) is 0 Å². The van der Waals surface area contributed by atoms with Crippen LogP contribution in [0.4, 0.5) is 15.3 Å². The van der Waals surface area contributed by atoms with Crippen LogP contribution in [0.1, 0.15) is 62.1 Å². The second-order valence-corrected chi connectivity index (χ2v) is 15.1. The lowest BCUT2D eigenvalue weighted by Crippen LogP contribution is -2.54. The number of piperidine rings is 3. The van der Waals surface area contributed by atoms with Crippen molar-refractivity contribution in [3.05, 3.63) is 63.6 Å². The normalized spacial score (nSPS) is 21.3. The zero-order chi connectivity index (χ0) is 35.9. The van der Waals surface area contributed by atoms with Crippen LogP contribution in [0.25, 0.3) is 11.1 Å². The van der Waals surface area contributed by atoms with Crippen molar-refractivity contribution in [1.82, 2.24) is 24.2 Å². The first-order chi connectivity index (χ1) is 24.5. The topological polar surface area (TPSA) is 141 Å². The van der Waals surface area contributed by atoms with Crippen LogP contribution in [0.5, 0.6) is 0 Å². The van der Waals surface area contributed by atoms with Crippen molar-refractivity contribution in [3.63, 3.8) is 0 Å². The van der Waals surface area contributed by atoms with E-state index in [0.29, 0.717) is 62.7 Å². The number of aromatic nitrogens is 1. The molecule has 3 saturated heterocycles. The number of rotatable bonds is 6. The molecule has 3 aromatic rings. The second kappa shape index (κ2) is 14.3.